The van der Waals surface area contributed by atoms with E-state index in [4.69, 9.17) is 16.3 Å². The Hall–Kier alpha value is -1.07. The van der Waals surface area contributed by atoms with Gasteiger partial charge in [-0.1, -0.05) is 31.4 Å². The van der Waals surface area contributed by atoms with Crippen molar-refractivity contribution in [2.45, 2.75) is 45.2 Å². The van der Waals surface area contributed by atoms with Gasteiger partial charge in [0.1, 0.15) is 5.02 Å². The molecule has 1 aromatic rings. The Labute approximate surface area is 124 Å². The van der Waals surface area contributed by atoms with E-state index in [-0.39, 0.29) is 10.6 Å². The number of ether oxygens (including phenoxy) is 1. The lowest BCUT2D eigenvalue weighted by Crippen LogP contribution is -2.28. The molecule has 5 nitrogen and oxygen atoms in total. The van der Waals surface area contributed by atoms with E-state index in [9.17, 15) is 4.79 Å². The third-order valence-electron chi connectivity index (χ3n) is 3.66. The number of hydrogen-bond donors (Lipinski definition) is 1. The predicted octanol–water partition coefficient (Wildman–Crippen LogP) is 2.53. The van der Waals surface area contributed by atoms with Crippen LogP contribution >= 0.6 is 11.6 Å². The molecule has 1 aromatic heterocycles. The highest BCUT2D eigenvalue weighted by atomic mass is 35.5. The Kier molecular flexibility index (Phi) is 5.43. The molecule has 6 heteroatoms. The van der Waals surface area contributed by atoms with Gasteiger partial charge < -0.3 is 10.1 Å². The van der Waals surface area contributed by atoms with E-state index in [1.807, 2.05) is 0 Å². The maximum Gasteiger partial charge on any atom is 0.287 e. The second-order valence-corrected chi connectivity index (χ2v) is 5.70. The fraction of sp³-hybridized carbons (Fsp3) is 0.714. The highest BCUT2D eigenvalue weighted by molar-refractivity contribution is 6.32. The van der Waals surface area contributed by atoms with Gasteiger partial charge in [0.25, 0.3) is 5.56 Å². The van der Waals surface area contributed by atoms with Crippen molar-refractivity contribution in [1.29, 1.82) is 0 Å². The number of nitrogens with one attached hydrogen (secondary N) is 1. The summed E-state index contributed by atoms with van der Waals surface area (Å²) in [6.45, 7) is 2.99. The number of rotatable bonds is 8. The molecular formula is C14H22ClN3O2. The molecule has 0 aliphatic heterocycles. The average Bonchev–Trinajstić information content (AvgIpc) is 3.26. The summed E-state index contributed by atoms with van der Waals surface area (Å²) in [6.07, 6.45) is 6.43. The van der Waals surface area contributed by atoms with E-state index >= 15 is 0 Å². The van der Waals surface area contributed by atoms with Gasteiger partial charge in [-0.15, -0.1) is 0 Å². The van der Waals surface area contributed by atoms with Gasteiger partial charge in [-0.05, 0) is 18.8 Å². The first-order chi connectivity index (χ1) is 9.65. The number of methoxy groups -OCH3 is 1. The smallest absolute Gasteiger partial charge is 0.287 e. The Morgan fingerprint density at radius 3 is 2.95 bits per heavy atom. The van der Waals surface area contributed by atoms with E-state index in [1.165, 1.54) is 17.5 Å². The average molecular weight is 300 g/mol. The molecule has 0 spiro atoms. The van der Waals surface area contributed by atoms with E-state index in [0.717, 1.165) is 18.8 Å². The van der Waals surface area contributed by atoms with Crippen LogP contribution in [0.1, 0.15) is 32.6 Å². The van der Waals surface area contributed by atoms with Crippen LogP contribution in [0.3, 0.4) is 0 Å². The minimum Gasteiger partial charge on any atom is -0.383 e. The van der Waals surface area contributed by atoms with Gasteiger partial charge in [-0.25, -0.2) is 4.68 Å². The number of halogens is 1. The first kappa shape index (κ1) is 15.3. The summed E-state index contributed by atoms with van der Waals surface area (Å²) >= 11 is 6.15. The first-order valence-corrected chi connectivity index (χ1v) is 7.54. The molecule has 1 unspecified atom stereocenters. The molecule has 1 N–H and O–H groups in total. The molecule has 0 amide bonds. The summed E-state index contributed by atoms with van der Waals surface area (Å²) in [4.78, 5) is 12.1. The van der Waals surface area contributed by atoms with Gasteiger partial charge >= 0.3 is 0 Å². The highest BCUT2D eigenvalue weighted by Crippen LogP contribution is 2.35. The lowest BCUT2D eigenvalue weighted by atomic mass is 10.1. The summed E-state index contributed by atoms with van der Waals surface area (Å²) in [5, 5.41) is 7.70. The van der Waals surface area contributed by atoms with Gasteiger partial charge in [-0.2, -0.15) is 5.10 Å². The van der Waals surface area contributed by atoms with E-state index in [2.05, 4.69) is 17.3 Å². The van der Waals surface area contributed by atoms with Crippen molar-refractivity contribution in [2.24, 2.45) is 5.92 Å². The van der Waals surface area contributed by atoms with Crippen molar-refractivity contribution in [3.63, 3.8) is 0 Å². The third-order valence-corrected chi connectivity index (χ3v) is 4.02. The van der Waals surface area contributed by atoms with Gasteiger partial charge in [0, 0.05) is 13.2 Å². The summed E-state index contributed by atoms with van der Waals surface area (Å²) in [5.41, 5.74) is 0.368. The van der Waals surface area contributed by atoms with Crippen LogP contribution in [0.25, 0.3) is 0 Å². The first-order valence-electron chi connectivity index (χ1n) is 7.16. The lowest BCUT2D eigenvalue weighted by Gasteiger charge is -2.18. The molecule has 0 radical (unpaired) electrons. The zero-order valence-electron chi connectivity index (χ0n) is 12.1. The molecule has 0 saturated heterocycles. The summed E-state index contributed by atoms with van der Waals surface area (Å²) < 4.78 is 6.28. The zero-order valence-corrected chi connectivity index (χ0v) is 12.8. The van der Waals surface area contributed by atoms with E-state index in [1.54, 1.807) is 13.3 Å². The van der Waals surface area contributed by atoms with Crippen molar-refractivity contribution >= 4 is 17.3 Å². The Bertz CT molecular complexity index is 500. The molecule has 0 aromatic carbocycles. The second-order valence-electron chi connectivity index (χ2n) is 5.32. The molecule has 1 atom stereocenters. The molecule has 1 fully saturated rings. The summed E-state index contributed by atoms with van der Waals surface area (Å²) in [6, 6.07) is 0.357. The topological polar surface area (TPSA) is 56.1 Å². The Morgan fingerprint density at radius 1 is 1.60 bits per heavy atom. The van der Waals surface area contributed by atoms with Crippen LogP contribution < -0.4 is 10.9 Å². The fourth-order valence-electron chi connectivity index (χ4n) is 2.21. The minimum absolute atomic E-state index is 0.213. The van der Waals surface area contributed by atoms with Crippen LogP contribution in [0.4, 0.5) is 5.69 Å². The third kappa shape index (κ3) is 3.96. The monoisotopic (exact) mass is 299 g/mol. The fourth-order valence-corrected chi connectivity index (χ4v) is 2.41. The van der Waals surface area contributed by atoms with E-state index < -0.39 is 0 Å². The quantitative estimate of drug-likeness (QED) is 0.801. The second kappa shape index (κ2) is 7.09. The normalized spacial score (nSPS) is 16.1. The van der Waals surface area contributed by atoms with Gasteiger partial charge in [0.2, 0.25) is 0 Å². The summed E-state index contributed by atoms with van der Waals surface area (Å²) in [7, 11) is 1.59. The number of anilines is 1. The van der Waals surface area contributed by atoms with Crippen molar-refractivity contribution in [3.8, 4) is 0 Å². The standard InChI is InChI=1S/C14H22ClN3O2/c1-3-11(8-10-4-5-10)17-12-9-16-18(6-7-20-2)14(19)13(12)15/h9-11,17H,3-8H2,1-2H3. The van der Waals surface area contributed by atoms with Crippen molar-refractivity contribution in [3.05, 3.63) is 21.6 Å². The zero-order chi connectivity index (χ0) is 14.5. The van der Waals surface area contributed by atoms with Gasteiger partial charge in [0.15, 0.2) is 0 Å². The molecule has 0 bridgehead atoms. The molecule has 20 heavy (non-hydrogen) atoms. The van der Waals surface area contributed by atoms with Crippen molar-refractivity contribution in [1.82, 2.24) is 9.78 Å². The van der Waals surface area contributed by atoms with E-state index in [0.29, 0.717) is 24.9 Å². The molecule has 1 saturated carbocycles. The Morgan fingerprint density at radius 2 is 2.35 bits per heavy atom. The molecule has 2 rings (SSSR count). The highest BCUT2D eigenvalue weighted by Gasteiger charge is 2.25. The maximum atomic E-state index is 12.1. The molecule has 1 heterocycles. The SMILES string of the molecule is CCC(CC1CC1)Nc1cnn(CCOC)c(=O)c1Cl. The van der Waals surface area contributed by atoms with Crippen LogP contribution in [-0.2, 0) is 11.3 Å². The number of nitrogens with zero attached hydrogens (tertiary/aromatic N) is 2. The lowest BCUT2D eigenvalue weighted by molar-refractivity contribution is 0.182. The Balaban J connectivity index is 2.07. The number of hydrogen-bond acceptors (Lipinski definition) is 4. The van der Waals surface area contributed by atoms with Gasteiger partial charge in [-0.3, -0.25) is 4.79 Å². The van der Waals surface area contributed by atoms with Crippen LogP contribution in [0.2, 0.25) is 5.02 Å². The minimum atomic E-state index is -0.269. The maximum absolute atomic E-state index is 12.1. The van der Waals surface area contributed by atoms with Crippen molar-refractivity contribution in [2.75, 3.05) is 19.0 Å². The molecular weight excluding hydrogens is 278 g/mol. The molecule has 1 aliphatic carbocycles. The van der Waals surface area contributed by atoms with Crippen LogP contribution in [0.5, 0.6) is 0 Å². The molecule has 1 aliphatic rings. The van der Waals surface area contributed by atoms with Crippen molar-refractivity contribution < 1.29 is 4.74 Å². The van der Waals surface area contributed by atoms with Crippen LogP contribution in [-0.4, -0.2) is 29.5 Å². The largest absolute Gasteiger partial charge is 0.383 e. The van der Waals surface area contributed by atoms with Crippen LogP contribution in [0.15, 0.2) is 11.0 Å². The van der Waals surface area contributed by atoms with Gasteiger partial charge in [0.05, 0.1) is 25.0 Å². The number of aromatic nitrogens is 2. The molecule has 112 valence electrons. The summed E-state index contributed by atoms with van der Waals surface area (Å²) in [5.74, 6) is 0.834. The predicted molar refractivity (Wildman–Crippen MR) is 80.4 cm³/mol. The van der Waals surface area contributed by atoms with Crippen LogP contribution in [0, 0.1) is 5.92 Å².